The largest absolute Gasteiger partial charge is 0.444 e. The Bertz CT molecular complexity index is 1600. The van der Waals surface area contributed by atoms with E-state index in [1.807, 2.05) is 18.2 Å². The molecule has 11 nitrogen and oxygen atoms in total. The Balaban J connectivity index is 1.41. The van der Waals surface area contributed by atoms with Gasteiger partial charge in [-0.15, -0.1) is 0 Å². The van der Waals surface area contributed by atoms with E-state index in [1.54, 1.807) is 57.5 Å². The highest BCUT2D eigenvalue weighted by Gasteiger charge is 2.48. The first kappa shape index (κ1) is 30.0. The Labute approximate surface area is 251 Å². The van der Waals surface area contributed by atoms with Crippen LogP contribution in [0, 0.1) is 11.3 Å². The molecule has 3 fully saturated rings. The molecule has 0 unspecified atom stereocenters. The molecule has 43 heavy (non-hydrogen) atoms. The monoisotopic (exact) mass is 585 g/mol. The van der Waals surface area contributed by atoms with Crippen molar-refractivity contribution in [2.24, 2.45) is 0 Å². The van der Waals surface area contributed by atoms with E-state index in [1.165, 1.54) is 12.4 Å². The minimum Gasteiger partial charge on any atom is -0.444 e. The van der Waals surface area contributed by atoms with Crippen LogP contribution < -0.4 is 16.0 Å². The topological polar surface area (TPSA) is 154 Å². The fourth-order valence-corrected chi connectivity index (χ4v) is 5.78. The van der Waals surface area contributed by atoms with Crippen molar-refractivity contribution in [1.82, 2.24) is 25.2 Å². The summed E-state index contributed by atoms with van der Waals surface area (Å²) in [5, 5.41) is 33.7. The first-order chi connectivity index (χ1) is 20.2. The quantitative estimate of drug-likeness (QED) is 0.300. The van der Waals surface area contributed by atoms with Gasteiger partial charge in [0.05, 0.1) is 51.1 Å². The van der Waals surface area contributed by atoms with Crippen molar-refractivity contribution in [3.05, 3.63) is 60.1 Å². The third-order valence-electron chi connectivity index (χ3n) is 8.18. The molecule has 0 aromatic carbocycles. The van der Waals surface area contributed by atoms with Crippen LogP contribution in [0.15, 0.2) is 48.9 Å². The third kappa shape index (κ3) is 6.81. The third-order valence-corrected chi connectivity index (χ3v) is 8.18. The zero-order valence-electron chi connectivity index (χ0n) is 25.3. The molecule has 0 spiro atoms. The predicted octanol–water partition coefficient (Wildman–Crippen LogP) is 5.06. The van der Waals surface area contributed by atoms with Crippen molar-refractivity contribution in [2.45, 2.75) is 95.4 Å². The summed E-state index contributed by atoms with van der Waals surface area (Å²) in [6.07, 6.45) is 10.3. The molecule has 6 rings (SSSR count). The maximum absolute atomic E-state index is 13.5. The van der Waals surface area contributed by atoms with Gasteiger partial charge in [-0.3, -0.25) is 9.78 Å². The van der Waals surface area contributed by atoms with E-state index in [0.29, 0.717) is 22.5 Å². The summed E-state index contributed by atoms with van der Waals surface area (Å²) in [5.41, 5.74) is 1.35. The summed E-state index contributed by atoms with van der Waals surface area (Å²) in [5.74, 6) is -0.359. The van der Waals surface area contributed by atoms with Gasteiger partial charge < -0.3 is 25.8 Å². The van der Waals surface area contributed by atoms with Gasteiger partial charge >= 0.3 is 6.09 Å². The van der Waals surface area contributed by atoms with Crippen LogP contribution in [-0.4, -0.2) is 54.0 Å². The van der Waals surface area contributed by atoms with Gasteiger partial charge in [0.2, 0.25) is 0 Å². The molecular weight excluding hydrogens is 546 g/mol. The van der Waals surface area contributed by atoms with Crippen molar-refractivity contribution in [3.8, 4) is 17.5 Å². The maximum atomic E-state index is 13.5. The molecule has 3 heterocycles. The van der Waals surface area contributed by atoms with Crippen LogP contribution in [0.4, 0.5) is 10.5 Å². The van der Waals surface area contributed by atoms with Crippen LogP contribution in [0.1, 0.15) is 89.1 Å². The highest BCUT2D eigenvalue weighted by Crippen LogP contribution is 2.48. The fraction of sp³-hybridized carbons (Fsp3) is 0.469. The number of amides is 2. The number of hydrogen-bond donors (Lipinski definition) is 4. The molecule has 3 aliphatic carbocycles. The SMILES string of the molecule is CC(C)(C=CNC(=O)c1cnc(-c2ccc3cc(C#N)cnn23)cc1NC12CCC(O)(CC1)CC2)NC(=O)OC(C)(C)C. The smallest absolute Gasteiger partial charge is 0.408 e. The average molecular weight is 586 g/mol. The van der Waals surface area contributed by atoms with E-state index in [-0.39, 0.29) is 11.4 Å². The number of hydrogen-bond acceptors (Lipinski definition) is 8. The fourth-order valence-electron chi connectivity index (χ4n) is 5.78. The molecule has 0 saturated heterocycles. The summed E-state index contributed by atoms with van der Waals surface area (Å²) in [6.45, 7) is 8.97. The highest BCUT2D eigenvalue weighted by atomic mass is 16.6. The number of nitrogens with one attached hydrogen (secondary N) is 3. The van der Waals surface area contributed by atoms with Gasteiger partial charge in [-0.05, 0) is 103 Å². The van der Waals surface area contributed by atoms with E-state index < -0.39 is 22.8 Å². The van der Waals surface area contributed by atoms with Crippen LogP contribution in [0.5, 0.6) is 0 Å². The second kappa shape index (κ2) is 11.0. The van der Waals surface area contributed by atoms with Crippen molar-refractivity contribution in [1.29, 1.82) is 5.26 Å². The van der Waals surface area contributed by atoms with Crippen molar-refractivity contribution in [3.63, 3.8) is 0 Å². The van der Waals surface area contributed by atoms with Gasteiger partial charge in [0.15, 0.2) is 0 Å². The summed E-state index contributed by atoms with van der Waals surface area (Å²) in [4.78, 5) is 30.4. The number of pyridine rings is 1. The first-order valence-electron chi connectivity index (χ1n) is 14.6. The van der Waals surface area contributed by atoms with E-state index >= 15 is 0 Å². The Hall–Kier alpha value is -4.43. The Morgan fingerprint density at radius 2 is 1.77 bits per heavy atom. The molecule has 4 N–H and O–H groups in total. The molecule has 0 radical (unpaired) electrons. The minimum absolute atomic E-state index is 0.228. The molecular formula is C32H39N7O4. The van der Waals surface area contributed by atoms with E-state index in [0.717, 1.165) is 49.7 Å². The van der Waals surface area contributed by atoms with Crippen molar-refractivity contribution in [2.75, 3.05) is 5.32 Å². The van der Waals surface area contributed by atoms with Crippen LogP contribution in [-0.2, 0) is 4.74 Å². The zero-order valence-corrected chi connectivity index (χ0v) is 25.3. The van der Waals surface area contributed by atoms with Crippen LogP contribution >= 0.6 is 0 Å². The number of nitrogens with zero attached hydrogens (tertiary/aromatic N) is 4. The van der Waals surface area contributed by atoms with E-state index in [9.17, 15) is 20.0 Å². The number of anilines is 1. The van der Waals surface area contributed by atoms with E-state index in [4.69, 9.17) is 4.74 Å². The first-order valence-corrected chi connectivity index (χ1v) is 14.6. The molecule has 3 aromatic heterocycles. The van der Waals surface area contributed by atoms with Gasteiger partial charge in [0.25, 0.3) is 5.91 Å². The van der Waals surface area contributed by atoms with Gasteiger partial charge in [-0.1, -0.05) is 0 Å². The molecule has 2 amide bonds. The number of aromatic nitrogens is 3. The van der Waals surface area contributed by atoms with Crippen LogP contribution in [0.2, 0.25) is 0 Å². The zero-order chi connectivity index (χ0) is 31.0. The maximum Gasteiger partial charge on any atom is 0.408 e. The van der Waals surface area contributed by atoms with Gasteiger partial charge in [0, 0.05) is 17.9 Å². The molecule has 2 bridgehead atoms. The van der Waals surface area contributed by atoms with E-state index in [2.05, 4.69) is 32.1 Å². The second-order valence-corrected chi connectivity index (χ2v) is 13.3. The lowest BCUT2D eigenvalue weighted by Gasteiger charge is -2.51. The normalized spacial score (nSPS) is 21.9. The Morgan fingerprint density at radius 1 is 1.07 bits per heavy atom. The molecule has 3 aliphatic rings. The molecule has 0 aliphatic heterocycles. The number of ether oxygens (including phenoxy) is 1. The standard InChI is InChI=1S/C32H39N7O4/c1-29(2,3)43-28(41)38-30(4,5)14-15-34-27(40)23-20-35-25(26-7-6-22-16-21(18-33)19-36-39(22)26)17-24(23)37-31-8-11-32(42,12-9-31)13-10-31/h6-7,14-17,19-20,42H,8-13H2,1-5H3,(H,34,40)(H,35,37)(H,38,41). The number of alkyl carbamates (subject to hydrolysis) is 1. The summed E-state index contributed by atoms with van der Waals surface area (Å²) in [7, 11) is 0. The molecule has 226 valence electrons. The van der Waals surface area contributed by atoms with Gasteiger partial charge in [-0.2, -0.15) is 10.4 Å². The lowest BCUT2D eigenvalue weighted by atomic mass is 9.63. The van der Waals surface area contributed by atoms with Crippen LogP contribution in [0.25, 0.3) is 16.9 Å². The average Bonchev–Trinajstić information content (AvgIpc) is 3.35. The molecule has 0 atom stereocenters. The van der Waals surface area contributed by atoms with Gasteiger partial charge in [0.1, 0.15) is 11.7 Å². The Morgan fingerprint density at radius 3 is 2.42 bits per heavy atom. The molecule has 11 heteroatoms. The highest BCUT2D eigenvalue weighted by molar-refractivity contribution is 6.00. The molecule has 3 saturated carbocycles. The summed E-state index contributed by atoms with van der Waals surface area (Å²) >= 11 is 0. The minimum atomic E-state index is -0.784. The van der Waals surface area contributed by atoms with Crippen molar-refractivity contribution >= 4 is 23.2 Å². The summed E-state index contributed by atoms with van der Waals surface area (Å²) < 4.78 is 7.06. The number of carbonyl (C=O) groups is 2. The Kier molecular flexibility index (Phi) is 7.69. The molecule has 3 aromatic rings. The second-order valence-electron chi connectivity index (χ2n) is 13.3. The lowest BCUT2D eigenvalue weighted by Crippen LogP contribution is -2.54. The number of carbonyl (C=O) groups excluding carboxylic acids is 2. The number of rotatable bonds is 7. The number of aliphatic hydroxyl groups is 1. The lowest BCUT2D eigenvalue weighted by molar-refractivity contribution is -0.0580. The summed E-state index contributed by atoms with van der Waals surface area (Å²) in [6, 6.07) is 9.48. The van der Waals surface area contributed by atoms with Crippen LogP contribution in [0.3, 0.4) is 0 Å². The van der Waals surface area contributed by atoms with Crippen molar-refractivity contribution < 1.29 is 19.4 Å². The number of nitriles is 1. The predicted molar refractivity (Wildman–Crippen MR) is 162 cm³/mol. The van der Waals surface area contributed by atoms with Gasteiger partial charge in [-0.25, -0.2) is 9.31 Å². The number of fused-ring (bicyclic) bond motifs is 4.